The number of carbonyl (C=O) groups excluding carboxylic acids is 2. The maximum absolute atomic E-state index is 12.7. The van der Waals surface area contributed by atoms with E-state index >= 15 is 0 Å². The van der Waals surface area contributed by atoms with Gasteiger partial charge in [0.2, 0.25) is 0 Å². The monoisotopic (exact) mass is 586 g/mol. The molecule has 2 N–H and O–H groups in total. The standard InChI is InChI=1S/C30H32N4O5.C3H6O/c1-19-5-6-21(33-30(35)32-20-7-9-22(10-8-20)38-23-12-14-34(2)18-23)15-27(19)39-26-11-13-31-25-17-29(37-4)28(36-3)16-24(25)26;1-2-3-4/h5-11,13,15-17,23H,12,14,18H2,1-4H3,(H2,32,33,35);3H,2H2,1H3. The third-order valence-corrected chi connectivity index (χ3v) is 6.80. The number of nitrogens with one attached hydrogen (secondary N) is 2. The number of urea groups is 1. The maximum Gasteiger partial charge on any atom is 0.323 e. The molecule has 0 spiro atoms. The van der Waals surface area contributed by atoms with Crippen molar-refractivity contribution in [2.24, 2.45) is 0 Å². The number of ether oxygens (including phenoxy) is 4. The lowest BCUT2D eigenvalue weighted by molar-refractivity contribution is -0.107. The number of fused-ring (bicyclic) bond motifs is 1. The summed E-state index contributed by atoms with van der Waals surface area (Å²) in [6, 6.07) is 18.0. The van der Waals surface area contributed by atoms with Crippen LogP contribution in [-0.2, 0) is 4.79 Å². The number of aldehydes is 1. The van der Waals surface area contributed by atoms with Gasteiger partial charge in [-0.2, -0.15) is 0 Å². The van der Waals surface area contributed by atoms with E-state index in [1.165, 1.54) is 0 Å². The van der Waals surface area contributed by atoms with Crippen LogP contribution < -0.4 is 29.6 Å². The van der Waals surface area contributed by atoms with Gasteiger partial charge in [0.05, 0.1) is 19.7 Å². The first-order valence-electron chi connectivity index (χ1n) is 14.1. The smallest absolute Gasteiger partial charge is 0.323 e. The van der Waals surface area contributed by atoms with Crippen molar-refractivity contribution in [1.82, 2.24) is 9.88 Å². The van der Waals surface area contributed by atoms with Crippen molar-refractivity contribution in [2.45, 2.75) is 32.8 Å². The number of likely N-dealkylation sites (N-methyl/N-ethyl adjacent to an activating group) is 1. The molecule has 1 aliphatic rings. The first kappa shape index (κ1) is 31.1. The summed E-state index contributed by atoms with van der Waals surface area (Å²) >= 11 is 0. The molecular weight excluding hydrogens is 548 g/mol. The number of anilines is 2. The second-order valence-corrected chi connectivity index (χ2v) is 10.1. The van der Waals surface area contributed by atoms with Gasteiger partial charge in [-0.05, 0) is 68.4 Å². The second kappa shape index (κ2) is 14.9. The van der Waals surface area contributed by atoms with Crippen LogP contribution in [-0.4, -0.2) is 62.7 Å². The number of aromatic nitrogens is 1. The Morgan fingerprint density at radius 3 is 2.28 bits per heavy atom. The number of benzene rings is 3. The molecule has 1 aliphatic heterocycles. The molecule has 4 aromatic rings. The largest absolute Gasteiger partial charge is 0.493 e. The molecular formula is C33H38N4O6. The van der Waals surface area contributed by atoms with Crippen LogP contribution in [0.5, 0.6) is 28.7 Å². The molecule has 1 unspecified atom stereocenters. The number of amides is 2. The number of methoxy groups -OCH3 is 2. The minimum Gasteiger partial charge on any atom is -0.493 e. The highest BCUT2D eigenvalue weighted by molar-refractivity contribution is 6.00. The summed E-state index contributed by atoms with van der Waals surface area (Å²) in [5, 5.41) is 6.51. The highest BCUT2D eigenvalue weighted by atomic mass is 16.5. The molecule has 10 heteroatoms. The quantitative estimate of drug-likeness (QED) is 0.209. The minimum absolute atomic E-state index is 0.199. The summed E-state index contributed by atoms with van der Waals surface area (Å²) in [5.41, 5.74) is 2.88. The zero-order chi connectivity index (χ0) is 30.8. The molecule has 2 heterocycles. The molecule has 1 atom stereocenters. The SMILES string of the molecule is CCC=O.COc1cc2nccc(Oc3cc(NC(=O)Nc4ccc(OC5CCN(C)C5)cc4)ccc3C)c2cc1OC. The Balaban J connectivity index is 0.000000996. The number of hydrogen-bond acceptors (Lipinski definition) is 8. The third kappa shape index (κ3) is 8.36. The van der Waals surface area contributed by atoms with Crippen LogP contribution in [0.2, 0.25) is 0 Å². The molecule has 2 amide bonds. The van der Waals surface area contributed by atoms with Crippen LogP contribution in [0, 0.1) is 6.92 Å². The molecule has 10 nitrogen and oxygen atoms in total. The summed E-state index contributed by atoms with van der Waals surface area (Å²) in [5.74, 6) is 3.18. The van der Waals surface area contributed by atoms with Gasteiger partial charge < -0.3 is 39.3 Å². The average Bonchev–Trinajstić information content (AvgIpc) is 3.43. The van der Waals surface area contributed by atoms with Crippen LogP contribution in [0.4, 0.5) is 16.2 Å². The number of pyridine rings is 1. The van der Waals surface area contributed by atoms with Crippen LogP contribution in [0.1, 0.15) is 25.3 Å². The summed E-state index contributed by atoms with van der Waals surface area (Å²) < 4.78 is 23.2. The molecule has 43 heavy (non-hydrogen) atoms. The van der Waals surface area contributed by atoms with E-state index in [2.05, 4.69) is 27.6 Å². The van der Waals surface area contributed by atoms with E-state index in [1.54, 1.807) is 32.5 Å². The fraction of sp³-hybridized carbons (Fsp3) is 0.303. The Kier molecular flexibility index (Phi) is 10.8. The number of aryl methyl sites for hydroxylation is 1. The fourth-order valence-corrected chi connectivity index (χ4v) is 4.54. The van der Waals surface area contributed by atoms with Crippen molar-refractivity contribution in [2.75, 3.05) is 45.0 Å². The number of likely N-dealkylation sites (tertiary alicyclic amines) is 1. The molecule has 0 saturated carbocycles. The Hall–Kier alpha value is -4.83. The predicted molar refractivity (Wildman–Crippen MR) is 168 cm³/mol. The molecule has 1 aromatic heterocycles. The molecule has 0 bridgehead atoms. The zero-order valence-corrected chi connectivity index (χ0v) is 25.2. The predicted octanol–water partition coefficient (Wildman–Crippen LogP) is 6.67. The molecule has 1 fully saturated rings. The topological polar surface area (TPSA) is 111 Å². The Labute approximate surface area is 251 Å². The van der Waals surface area contributed by atoms with Crippen molar-refractivity contribution in [1.29, 1.82) is 0 Å². The maximum atomic E-state index is 12.7. The summed E-state index contributed by atoms with van der Waals surface area (Å²) in [7, 11) is 5.26. The number of rotatable bonds is 9. The van der Waals surface area contributed by atoms with Gasteiger partial charge in [-0.25, -0.2) is 4.79 Å². The number of nitrogens with zero attached hydrogens (tertiary/aromatic N) is 2. The second-order valence-electron chi connectivity index (χ2n) is 10.1. The first-order valence-corrected chi connectivity index (χ1v) is 14.1. The van der Waals surface area contributed by atoms with Crippen LogP contribution >= 0.6 is 0 Å². The van der Waals surface area contributed by atoms with Gasteiger partial charge in [0.25, 0.3) is 0 Å². The highest BCUT2D eigenvalue weighted by Crippen LogP contribution is 2.38. The van der Waals surface area contributed by atoms with E-state index in [4.69, 9.17) is 18.9 Å². The van der Waals surface area contributed by atoms with Crippen molar-refractivity contribution in [3.05, 3.63) is 72.4 Å². The van der Waals surface area contributed by atoms with Gasteiger partial charge in [-0.15, -0.1) is 0 Å². The third-order valence-electron chi connectivity index (χ3n) is 6.80. The lowest BCUT2D eigenvalue weighted by Gasteiger charge is -2.15. The lowest BCUT2D eigenvalue weighted by atomic mass is 10.1. The zero-order valence-electron chi connectivity index (χ0n) is 25.2. The molecule has 3 aromatic carbocycles. The first-order chi connectivity index (χ1) is 20.8. The number of hydrogen-bond donors (Lipinski definition) is 2. The van der Waals surface area contributed by atoms with Gasteiger partial charge in [0.15, 0.2) is 11.5 Å². The summed E-state index contributed by atoms with van der Waals surface area (Å²) in [4.78, 5) is 28.6. The van der Waals surface area contributed by atoms with E-state index in [0.717, 1.165) is 42.5 Å². The Bertz CT molecular complexity index is 1540. The molecule has 0 radical (unpaired) electrons. The van der Waals surface area contributed by atoms with Gasteiger partial charge in [0.1, 0.15) is 29.6 Å². The van der Waals surface area contributed by atoms with E-state index in [-0.39, 0.29) is 12.1 Å². The van der Waals surface area contributed by atoms with Crippen LogP contribution in [0.15, 0.2) is 66.9 Å². The van der Waals surface area contributed by atoms with Crippen LogP contribution in [0.25, 0.3) is 10.9 Å². The lowest BCUT2D eigenvalue weighted by Crippen LogP contribution is -2.21. The molecule has 0 aliphatic carbocycles. The molecule has 226 valence electrons. The summed E-state index contributed by atoms with van der Waals surface area (Å²) in [6.07, 6.45) is 4.41. The van der Waals surface area contributed by atoms with E-state index in [1.807, 2.05) is 62.4 Å². The van der Waals surface area contributed by atoms with Gasteiger partial charge in [-0.1, -0.05) is 13.0 Å². The molecule has 5 rings (SSSR count). The van der Waals surface area contributed by atoms with Crippen molar-refractivity contribution in [3.63, 3.8) is 0 Å². The molecule has 1 saturated heterocycles. The van der Waals surface area contributed by atoms with Crippen molar-refractivity contribution in [3.8, 4) is 28.7 Å². The van der Waals surface area contributed by atoms with Gasteiger partial charge in [0, 0.05) is 54.6 Å². The van der Waals surface area contributed by atoms with Gasteiger partial charge in [-0.3, -0.25) is 4.98 Å². The van der Waals surface area contributed by atoms with E-state index in [0.29, 0.717) is 46.3 Å². The summed E-state index contributed by atoms with van der Waals surface area (Å²) in [6.45, 7) is 5.72. The minimum atomic E-state index is -0.359. The average molecular weight is 587 g/mol. The normalized spacial score (nSPS) is 14.3. The van der Waals surface area contributed by atoms with Crippen LogP contribution in [0.3, 0.4) is 0 Å². The Morgan fingerprint density at radius 2 is 1.63 bits per heavy atom. The highest BCUT2D eigenvalue weighted by Gasteiger charge is 2.21. The van der Waals surface area contributed by atoms with E-state index < -0.39 is 0 Å². The van der Waals surface area contributed by atoms with Crippen molar-refractivity contribution < 1.29 is 28.5 Å². The number of carbonyl (C=O) groups is 2. The van der Waals surface area contributed by atoms with E-state index in [9.17, 15) is 9.59 Å². The fourth-order valence-electron chi connectivity index (χ4n) is 4.54. The van der Waals surface area contributed by atoms with Gasteiger partial charge >= 0.3 is 6.03 Å². The Morgan fingerprint density at radius 1 is 0.953 bits per heavy atom. The van der Waals surface area contributed by atoms with Crippen molar-refractivity contribution >= 4 is 34.6 Å².